The van der Waals surface area contributed by atoms with Gasteiger partial charge < -0.3 is 20.3 Å². The molecule has 6 heteroatoms. The number of ether oxygens (including phenoxy) is 1. The standard InChI is InChI=1S/C15H22ClN3O2/c1-3-17-9-11-8-12(16)4-5-14(11)19-7-6-13(10-19)18-15(20)21-2/h4-5,8,13,17H,3,6-7,9-10H2,1-2H3,(H,18,20). The van der Waals surface area contributed by atoms with Gasteiger partial charge in [-0.3, -0.25) is 0 Å². The summed E-state index contributed by atoms with van der Waals surface area (Å²) in [7, 11) is 1.38. The van der Waals surface area contributed by atoms with Crippen molar-refractivity contribution in [2.75, 3.05) is 31.6 Å². The number of anilines is 1. The van der Waals surface area contributed by atoms with Gasteiger partial charge in [-0.15, -0.1) is 0 Å². The number of hydrogen-bond donors (Lipinski definition) is 2. The molecule has 0 spiro atoms. The summed E-state index contributed by atoms with van der Waals surface area (Å²) in [6.45, 7) is 5.48. The van der Waals surface area contributed by atoms with Crippen LogP contribution in [0, 0.1) is 0 Å². The van der Waals surface area contributed by atoms with Crippen LogP contribution in [0.2, 0.25) is 5.02 Å². The Hall–Kier alpha value is -1.46. The van der Waals surface area contributed by atoms with Gasteiger partial charge in [0.1, 0.15) is 0 Å². The number of carbonyl (C=O) groups is 1. The fourth-order valence-corrected chi connectivity index (χ4v) is 2.78. The van der Waals surface area contributed by atoms with Gasteiger partial charge in [-0.25, -0.2) is 4.79 Å². The van der Waals surface area contributed by atoms with Crippen LogP contribution in [0.25, 0.3) is 0 Å². The van der Waals surface area contributed by atoms with Crippen LogP contribution in [0.15, 0.2) is 18.2 Å². The highest BCUT2D eigenvalue weighted by Gasteiger charge is 2.25. The number of nitrogens with zero attached hydrogens (tertiary/aromatic N) is 1. The molecule has 1 aromatic rings. The Labute approximate surface area is 130 Å². The molecule has 21 heavy (non-hydrogen) atoms. The molecule has 116 valence electrons. The van der Waals surface area contributed by atoms with Crippen LogP contribution in [0.1, 0.15) is 18.9 Å². The molecule has 0 saturated carbocycles. The van der Waals surface area contributed by atoms with E-state index >= 15 is 0 Å². The number of nitrogens with one attached hydrogen (secondary N) is 2. The Balaban J connectivity index is 2.06. The summed E-state index contributed by atoms with van der Waals surface area (Å²) in [5, 5.41) is 6.94. The second-order valence-corrected chi connectivity index (χ2v) is 5.56. The van der Waals surface area contributed by atoms with Gasteiger partial charge in [-0.2, -0.15) is 0 Å². The Morgan fingerprint density at radius 2 is 2.33 bits per heavy atom. The first-order chi connectivity index (χ1) is 10.1. The Kier molecular flexibility index (Phi) is 5.70. The summed E-state index contributed by atoms with van der Waals surface area (Å²) < 4.78 is 4.65. The third kappa shape index (κ3) is 4.25. The van der Waals surface area contributed by atoms with Crippen molar-refractivity contribution >= 4 is 23.4 Å². The minimum absolute atomic E-state index is 0.125. The zero-order valence-electron chi connectivity index (χ0n) is 12.5. The second kappa shape index (κ2) is 7.52. The maximum absolute atomic E-state index is 11.3. The molecule has 2 rings (SSSR count). The van der Waals surface area contributed by atoms with Crippen LogP contribution in [-0.2, 0) is 11.3 Å². The number of rotatable bonds is 5. The highest BCUT2D eigenvalue weighted by atomic mass is 35.5. The molecule has 1 amide bonds. The summed E-state index contributed by atoms with van der Waals surface area (Å²) >= 11 is 6.10. The molecule has 1 saturated heterocycles. The van der Waals surface area contributed by atoms with E-state index in [1.807, 2.05) is 12.1 Å². The van der Waals surface area contributed by atoms with E-state index < -0.39 is 0 Å². The smallest absolute Gasteiger partial charge is 0.407 e. The van der Waals surface area contributed by atoms with Crippen LogP contribution < -0.4 is 15.5 Å². The summed E-state index contributed by atoms with van der Waals surface area (Å²) in [4.78, 5) is 13.6. The maximum atomic E-state index is 11.3. The predicted octanol–water partition coefficient (Wildman–Crippen LogP) is 2.38. The van der Waals surface area contributed by atoms with E-state index in [9.17, 15) is 4.79 Å². The third-order valence-corrected chi connectivity index (χ3v) is 3.88. The number of amides is 1. The summed E-state index contributed by atoms with van der Waals surface area (Å²) in [5.41, 5.74) is 2.36. The van der Waals surface area contributed by atoms with E-state index in [0.717, 1.165) is 37.6 Å². The van der Waals surface area contributed by atoms with Crippen LogP contribution >= 0.6 is 11.6 Å². The van der Waals surface area contributed by atoms with Crippen molar-refractivity contribution in [1.29, 1.82) is 0 Å². The quantitative estimate of drug-likeness (QED) is 0.876. The van der Waals surface area contributed by atoms with Crippen molar-refractivity contribution in [2.24, 2.45) is 0 Å². The van der Waals surface area contributed by atoms with Crippen molar-refractivity contribution < 1.29 is 9.53 Å². The summed E-state index contributed by atoms with van der Waals surface area (Å²) in [6.07, 6.45) is 0.545. The molecule has 1 heterocycles. The third-order valence-electron chi connectivity index (χ3n) is 3.64. The van der Waals surface area contributed by atoms with Crippen LogP contribution in [-0.4, -0.2) is 38.9 Å². The Morgan fingerprint density at radius 1 is 1.52 bits per heavy atom. The van der Waals surface area contributed by atoms with Gasteiger partial charge in [-0.05, 0) is 36.7 Å². The van der Waals surface area contributed by atoms with E-state index in [1.54, 1.807) is 0 Å². The van der Waals surface area contributed by atoms with Gasteiger partial charge >= 0.3 is 6.09 Å². The number of carbonyl (C=O) groups excluding carboxylic acids is 1. The van der Waals surface area contributed by atoms with Crippen molar-refractivity contribution in [1.82, 2.24) is 10.6 Å². The molecule has 0 aromatic heterocycles. The molecule has 1 fully saturated rings. The molecule has 1 aromatic carbocycles. The zero-order valence-corrected chi connectivity index (χ0v) is 13.2. The molecular formula is C15H22ClN3O2. The lowest BCUT2D eigenvalue weighted by molar-refractivity contribution is 0.167. The largest absolute Gasteiger partial charge is 0.453 e. The van der Waals surface area contributed by atoms with Crippen LogP contribution in [0.5, 0.6) is 0 Å². The maximum Gasteiger partial charge on any atom is 0.407 e. The molecule has 1 aliphatic heterocycles. The SMILES string of the molecule is CCNCc1cc(Cl)ccc1N1CCC(NC(=O)OC)C1. The van der Waals surface area contributed by atoms with E-state index in [1.165, 1.54) is 18.4 Å². The minimum Gasteiger partial charge on any atom is -0.453 e. The molecule has 2 N–H and O–H groups in total. The van der Waals surface area contributed by atoms with E-state index in [0.29, 0.717) is 0 Å². The average molecular weight is 312 g/mol. The lowest BCUT2D eigenvalue weighted by Crippen LogP contribution is -2.37. The molecular weight excluding hydrogens is 290 g/mol. The topological polar surface area (TPSA) is 53.6 Å². The molecule has 0 aliphatic carbocycles. The fraction of sp³-hybridized carbons (Fsp3) is 0.533. The first-order valence-corrected chi connectivity index (χ1v) is 7.60. The summed E-state index contributed by atoms with van der Waals surface area (Å²) in [5.74, 6) is 0. The summed E-state index contributed by atoms with van der Waals surface area (Å²) in [6, 6.07) is 6.09. The zero-order chi connectivity index (χ0) is 15.2. The second-order valence-electron chi connectivity index (χ2n) is 5.12. The lowest BCUT2D eigenvalue weighted by atomic mass is 10.1. The molecule has 0 bridgehead atoms. The molecule has 1 aliphatic rings. The number of methoxy groups -OCH3 is 1. The number of benzene rings is 1. The van der Waals surface area contributed by atoms with Crippen molar-refractivity contribution in [3.05, 3.63) is 28.8 Å². The molecule has 1 atom stereocenters. The van der Waals surface area contributed by atoms with Gasteiger partial charge in [0.25, 0.3) is 0 Å². The fourth-order valence-electron chi connectivity index (χ4n) is 2.59. The number of alkyl carbamates (subject to hydrolysis) is 1. The van der Waals surface area contributed by atoms with Gasteiger partial charge in [0.15, 0.2) is 0 Å². The highest BCUT2D eigenvalue weighted by molar-refractivity contribution is 6.30. The van der Waals surface area contributed by atoms with E-state index in [2.05, 4.69) is 33.3 Å². The highest BCUT2D eigenvalue weighted by Crippen LogP contribution is 2.27. The lowest BCUT2D eigenvalue weighted by Gasteiger charge is -2.22. The average Bonchev–Trinajstić information content (AvgIpc) is 2.93. The normalized spacial score (nSPS) is 17.9. The van der Waals surface area contributed by atoms with E-state index in [-0.39, 0.29) is 12.1 Å². The monoisotopic (exact) mass is 311 g/mol. The van der Waals surface area contributed by atoms with Crippen LogP contribution in [0.4, 0.5) is 10.5 Å². The number of halogens is 1. The van der Waals surface area contributed by atoms with Gasteiger partial charge in [-0.1, -0.05) is 18.5 Å². The van der Waals surface area contributed by atoms with Crippen molar-refractivity contribution in [2.45, 2.75) is 25.9 Å². The Morgan fingerprint density at radius 3 is 3.05 bits per heavy atom. The molecule has 5 nitrogen and oxygen atoms in total. The van der Waals surface area contributed by atoms with Gasteiger partial charge in [0, 0.05) is 30.3 Å². The van der Waals surface area contributed by atoms with Gasteiger partial charge in [0.2, 0.25) is 0 Å². The van der Waals surface area contributed by atoms with Crippen molar-refractivity contribution in [3.8, 4) is 0 Å². The molecule has 1 unspecified atom stereocenters. The van der Waals surface area contributed by atoms with Gasteiger partial charge in [0.05, 0.1) is 13.2 Å². The van der Waals surface area contributed by atoms with Crippen molar-refractivity contribution in [3.63, 3.8) is 0 Å². The van der Waals surface area contributed by atoms with E-state index in [4.69, 9.17) is 11.6 Å². The Bertz CT molecular complexity index is 496. The number of hydrogen-bond acceptors (Lipinski definition) is 4. The predicted molar refractivity (Wildman–Crippen MR) is 85.0 cm³/mol. The molecule has 0 radical (unpaired) electrons. The first kappa shape index (κ1) is 15.9. The van der Waals surface area contributed by atoms with Crippen LogP contribution in [0.3, 0.4) is 0 Å². The first-order valence-electron chi connectivity index (χ1n) is 7.22. The minimum atomic E-state index is -0.370.